The Morgan fingerprint density at radius 1 is 1.33 bits per heavy atom. The largest absolute Gasteiger partial charge is 0.468 e. The summed E-state index contributed by atoms with van der Waals surface area (Å²) in [5.74, 6) is 0.899. The van der Waals surface area contributed by atoms with Crippen LogP contribution in [0.2, 0.25) is 0 Å². The SMILES string of the molecule is NCC(O)CN(Cc1ccco1)Cc1cccs1. The fraction of sp³-hybridized carbons (Fsp3) is 0.385. The summed E-state index contributed by atoms with van der Waals surface area (Å²) in [7, 11) is 0. The average Bonchev–Trinajstić information content (AvgIpc) is 3.02. The highest BCUT2D eigenvalue weighted by molar-refractivity contribution is 7.09. The zero-order valence-corrected chi connectivity index (χ0v) is 11.0. The molecule has 0 saturated heterocycles. The van der Waals surface area contributed by atoms with Gasteiger partial charge in [-0.1, -0.05) is 6.07 Å². The lowest BCUT2D eigenvalue weighted by atomic mass is 10.3. The van der Waals surface area contributed by atoms with Crippen molar-refractivity contribution in [2.24, 2.45) is 5.73 Å². The zero-order chi connectivity index (χ0) is 12.8. The molecule has 0 aromatic carbocycles. The van der Waals surface area contributed by atoms with Gasteiger partial charge in [0.25, 0.3) is 0 Å². The number of aliphatic hydroxyl groups excluding tert-OH is 1. The maximum Gasteiger partial charge on any atom is 0.117 e. The lowest BCUT2D eigenvalue weighted by Gasteiger charge is -2.23. The maximum atomic E-state index is 9.69. The minimum Gasteiger partial charge on any atom is -0.468 e. The first-order valence-corrected chi connectivity index (χ1v) is 6.81. The van der Waals surface area contributed by atoms with Crippen LogP contribution in [0.5, 0.6) is 0 Å². The molecular formula is C13H18N2O2S. The molecule has 0 amide bonds. The van der Waals surface area contributed by atoms with Gasteiger partial charge in [0.1, 0.15) is 5.76 Å². The average molecular weight is 266 g/mol. The van der Waals surface area contributed by atoms with Crippen molar-refractivity contribution in [3.63, 3.8) is 0 Å². The van der Waals surface area contributed by atoms with E-state index in [1.54, 1.807) is 17.6 Å². The summed E-state index contributed by atoms with van der Waals surface area (Å²) in [5, 5.41) is 11.7. The van der Waals surface area contributed by atoms with Crippen molar-refractivity contribution >= 4 is 11.3 Å². The predicted molar refractivity (Wildman–Crippen MR) is 72.2 cm³/mol. The Bertz CT molecular complexity index is 392. The molecule has 5 heteroatoms. The Hall–Kier alpha value is -1.14. The number of nitrogens with zero attached hydrogens (tertiary/aromatic N) is 1. The Kier molecular flexibility index (Phi) is 4.95. The van der Waals surface area contributed by atoms with Gasteiger partial charge >= 0.3 is 0 Å². The van der Waals surface area contributed by atoms with E-state index in [0.29, 0.717) is 13.1 Å². The van der Waals surface area contributed by atoms with E-state index in [9.17, 15) is 5.11 Å². The molecule has 0 fully saturated rings. The molecule has 0 aliphatic heterocycles. The van der Waals surface area contributed by atoms with Gasteiger partial charge < -0.3 is 15.3 Å². The third-order valence-electron chi connectivity index (χ3n) is 2.66. The van der Waals surface area contributed by atoms with Crippen LogP contribution in [0.25, 0.3) is 0 Å². The Balaban J connectivity index is 1.97. The van der Waals surface area contributed by atoms with E-state index in [2.05, 4.69) is 16.3 Å². The molecule has 2 aromatic rings. The molecule has 2 rings (SSSR count). The van der Waals surface area contributed by atoms with E-state index in [1.165, 1.54) is 4.88 Å². The fourth-order valence-electron chi connectivity index (χ4n) is 1.80. The summed E-state index contributed by atoms with van der Waals surface area (Å²) in [4.78, 5) is 3.41. The Morgan fingerprint density at radius 3 is 2.83 bits per heavy atom. The molecule has 0 aliphatic rings. The number of nitrogens with two attached hydrogens (primary N) is 1. The molecule has 2 heterocycles. The molecule has 0 spiro atoms. The van der Waals surface area contributed by atoms with Crippen LogP contribution in [0.1, 0.15) is 10.6 Å². The molecule has 1 unspecified atom stereocenters. The van der Waals surface area contributed by atoms with Crippen molar-refractivity contribution in [3.05, 3.63) is 46.5 Å². The number of hydrogen-bond donors (Lipinski definition) is 2. The van der Waals surface area contributed by atoms with Gasteiger partial charge in [0.2, 0.25) is 0 Å². The van der Waals surface area contributed by atoms with E-state index >= 15 is 0 Å². The molecule has 0 bridgehead atoms. The van der Waals surface area contributed by atoms with Crippen molar-refractivity contribution in [1.82, 2.24) is 4.90 Å². The molecule has 0 aliphatic carbocycles. The van der Waals surface area contributed by atoms with Crippen LogP contribution in [0, 0.1) is 0 Å². The van der Waals surface area contributed by atoms with Crippen molar-refractivity contribution in [2.45, 2.75) is 19.2 Å². The van der Waals surface area contributed by atoms with Gasteiger partial charge in [-0.25, -0.2) is 0 Å². The van der Waals surface area contributed by atoms with Crippen LogP contribution in [0.3, 0.4) is 0 Å². The quantitative estimate of drug-likeness (QED) is 0.800. The molecule has 0 radical (unpaired) electrons. The first kappa shape index (κ1) is 13.3. The Morgan fingerprint density at radius 2 is 2.22 bits per heavy atom. The van der Waals surface area contributed by atoms with Crippen LogP contribution >= 0.6 is 11.3 Å². The fourth-order valence-corrected chi connectivity index (χ4v) is 2.55. The minimum absolute atomic E-state index is 0.277. The second-order valence-electron chi connectivity index (χ2n) is 4.22. The van der Waals surface area contributed by atoms with Crippen LogP contribution in [-0.2, 0) is 13.1 Å². The van der Waals surface area contributed by atoms with E-state index in [4.69, 9.17) is 10.2 Å². The van der Waals surface area contributed by atoms with Gasteiger partial charge in [-0.3, -0.25) is 4.90 Å². The second-order valence-corrected chi connectivity index (χ2v) is 5.25. The van der Waals surface area contributed by atoms with Gasteiger partial charge in [-0.05, 0) is 23.6 Å². The number of hydrogen-bond acceptors (Lipinski definition) is 5. The minimum atomic E-state index is -0.500. The van der Waals surface area contributed by atoms with Crippen molar-refractivity contribution < 1.29 is 9.52 Å². The highest BCUT2D eigenvalue weighted by Gasteiger charge is 2.13. The van der Waals surface area contributed by atoms with E-state index < -0.39 is 6.10 Å². The van der Waals surface area contributed by atoms with E-state index in [-0.39, 0.29) is 6.54 Å². The summed E-state index contributed by atoms with van der Waals surface area (Å²) in [6.07, 6.45) is 1.16. The van der Waals surface area contributed by atoms with Gasteiger partial charge in [-0.15, -0.1) is 11.3 Å². The maximum absolute atomic E-state index is 9.69. The molecular weight excluding hydrogens is 248 g/mol. The van der Waals surface area contributed by atoms with E-state index in [1.807, 2.05) is 18.2 Å². The van der Waals surface area contributed by atoms with Crippen LogP contribution in [-0.4, -0.2) is 29.2 Å². The summed E-state index contributed by atoms with van der Waals surface area (Å²) < 4.78 is 5.35. The highest BCUT2D eigenvalue weighted by Crippen LogP contribution is 2.15. The Labute approximate surface area is 111 Å². The molecule has 3 N–H and O–H groups in total. The normalized spacial score (nSPS) is 13.1. The summed E-state index contributed by atoms with van der Waals surface area (Å²) in [6.45, 7) is 2.31. The number of aliphatic hydroxyl groups is 1. The number of rotatable bonds is 7. The highest BCUT2D eigenvalue weighted by atomic mass is 32.1. The molecule has 4 nitrogen and oxygen atoms in total. The summed E-state index contributed by atoms with van der Waals surface area (Å²) >= 11 is 1.71. The summed E-state index contributed by atoms with van der Waals surface area (Å²) in [6, 6.07) is 7.94. The molecule has 18 heavy (non-hydrogen) atoms. The first-order valence-electron chi connectivity index (χ1n) is 5.93. The molecule has 98 valence electrons. The third-order valence-corrected chi connectivity index (χ3v) is 3.52. The van der Waals surface area contributed by atoms with Gasteiger partial charge in [-0.2, -0.15) is 0 Å². The third kappa shape index (κ3) is 3.96. The topological polar surface area (TPSA) is 62.6 Å². The second kappa shape index (κ2) is 6.70. The summed E-state index contributed by atoms with van der Waals surface area (Å²) in [5.41, 5.74) is 5.47. The lowest BCUT2D eigenvalue weighted by molar-refractivity contribution is 0.106. The molecule has 2 aromatic heterocycles. The van der Waals surface area contributed by atoms with Gasteiger partial charge in [0.15, 0.2) is 0 Å². The number of furan rings is 1. The smallest absolute Gasteiger partial charge is 0.117 e. The van der Waals surface area contributed by atoms with E-state index in [0.717, 1.165) is 12.3 Å². The predicted octanol–water partition coefficient (Wildman–Crippen LogP) is 1.66. The van der Waals surface area contributed by atoms with Crippen molar-refractivity contribution in [2.75, 3.05) is 13.1 Å². The zero-order valence-electron chi connectivity index (χ0n) is 10.2. The first-order chi connectivity index (χ1) is 8.78. The number of thiophene rings is 1. The monoisotopic (exact) mass is 266 g/mol. The van der Waals surface area contributed by atoms with Crippen molar-refractivity contribution in [3.8, 4) is 0 Å². The van der Waals surface area contributed by atoms with Crippen molar-refractivity contribution in [1.29, 1.82) is 0 Å². The molecule has 0 saturated carbocycles. The van der Waals surface area contributed by atoms with Gasteiger partial charge in [0, 0.05) is 24.5 Å². The van der Waals surface area contributed by atoms with Crippen LogP contribution in [0.15, 0.2) is 40.3 Å². The van der Waals surface area contributed by atoms with Crippen LogP contribution < -0.4 is 5.73 Å². The van der Waals surface area contributed by atoms with Gasteiger partial charge in [0.05, 0.1) is 18.9 Å². The lowest BCUT2D eigenvalue weighted by Crippen LogP contribution is -2.35. The standard InChI is InChI=1S/C13H18N2O2S/c14-7-11(16)8-15(9-12-3-1-5-17-12)10-13-4-2-6-18-13/h1-6,11,16H,7-10,14H2. The van der Waals surface area contributed by atoms with Crippen LogP contribution in [0.4, 0.5) is 0 Å². The molecule has 1 atom stereocenters.